The van der Waals surface area contributed by atoms with Gasteiger partial charge in [-0.05, 0) is 37.7 Å². The lowest BCUT2D eigenvalue weighted by Gasteiger charge is -2.30. The molecule has 0 radical (unpaired) electrons. The number of aromatic carboxylic acids is 1. The molecule has 0 aliphatic carbocycles. The lowest BCUT2D eigenvalue weighted by molar-refractivity contribution is 0.0693. The average molecular weight is 251 g/mol. The molecule has 1 aliphatic rings. The Morgan fingerprint density at radius 3 is 2.59 bits per heavy atom. The Bertz CT molecular complexity index is 414. The number of hydrogen-bond donors (Lipinski definition) is 1. The fourth-order valence-electron chi connectivity index (χ4n) is 2.30. The Kier molecular flexibility index (Phi) is 3.94. The van der Waals surface area contributed by atoms with E-state index in [1.807, 2.05) is 24.5 Å². The van der Waals surface area contributed by atoms with Gasteiger partial charge in [-0.25, -0.2) is 4.79 Å². The first-order valence-electron chi connectivity index (χ1n) is 5.89. The molecule has 0 bridgehead atoms. The molecule has 1 aromatic rings. The summed E-state index contributed by atoms with van der Waals surface area (Å²) in [5, 5.41) is 9.37. The van der Waals surface area contributed by atoms with Crippen LogP contribution in [0.2, 0.25) is 0 Å². The summed E-state index contributed by atoms with van der Waals surface area (Å²) in [6, 6.07) is 5.75. The molecule has 1 heterocycles. The summed E-state index contributed by atoms with van der Waals surface area (Å²) in [7, 11) is 0. The molecule has 0 amide bonds. The maximum absolute atomic E-state index is 11.4. The number of carbonyl (C=O) groups is 1. The Balaban J connectivity index is 2.40. The van der Waals surface area contributed by atoms with Gasteiger partial charge in [0.05, 0.1) is 11.3 Å². The molecular formula is C13H17NO2S. The van der Waals surface area contributed by atoms with Gasteiger partial charge >= 0.3 is 5.97 Å². The smallest absolute Gasteiger partial charge is 0.338 e. The third-order valence-electron chi connectivity index (χ3n) is 3.13. The molecule has 3 nitrogen and oxygen atoms in total. The van der Waals surface area contributed by atoms with Gasteiger partial charge in [-0.15, -0.1) is 11.8 Å². The summed E-state index contributed by atoms with van der Waals surface area (Å²) in [6.07, 6.45) is 5.48. The largest absolute Gasteiger partial charge is 0.478 e. The van der Waals surface area contributed by atoms with Gasteiger partial charge < -0.3 is 10.0 Å². The first-order valence-corrected chi connectivity index (χ1v) is 7.11. The number of carboxylic acid groups (broad SMARTS) is 1. The van der Waals surface area contributed by atoms with Crippen molar-refractivity contribution in [1.82, 2.24) is 0 Å². The van der Waals surface area contributed by atoms with E-state index in [0.717, 1.165) is 36.5 Å². The number of hydrogen-bond acceptors (Lipinski definition) is 3. The van der Waals surface area contributed by atoms with Crippen LogP contribution >= 0.6 is 11.8 Å². The SMILES string of the molecule is CSc1cccc(N2CCCCC2)c1C(=O)O. The number of carboxylic acids is 1. The van der Waals surface area contributed by atoms with E-state index in [2.05, 4.69) is 4.90 Å². The molecule has 1 fully saturated rings. The molecule has 0 atom stereocenters. The molecule has 2 rings (SSSR count). The highest BCUT2D eigenvalue weighted by atomic mass is 32.2. The second kappa shape index (κ2) is 5.45. The Labute approximate surface area is 106 Å². The lowest BCUT2D eigenvalue weighted by atomic mass is 10.1. The van der Waals surface area contributed by atoms with Crippen LogP contribution in [-0.4, -0.2) is 30.4 Å². The zero-order valence-electron chi connectivity index (χ0n) is 9.98. The zero-order valence-corrected chi connectivity index (χ0v) is 10.8. The van der Waals surface area contributed by atoms with Crippen LogP contribution in [0.25, 0.3) is 0 Å². The zero-order chi connectivity index (χ0) is 12.3. The second-order valence-corrected chi connectivity index (χ2v) is 5.06. The van der Waals surface area contributed by atoms with E-state index in [-0.39, 0.29) is 0 Å². The average Bonchev–Trinajstić information content (AvgIpc) is 2.38. The van der Waals surface area contributed by atoms with E-state index in [1.54, 1.807) is 0 Å². The fraction of sp³-hybridized carbons (Fsp3) is 0.462. The van der Waals surface area contributed by atoms with Gasteiger partial charge in [0.15, 0.2) is 0 Å². The molecule has 1 saturated heterocycles. The molecule has 0 aromatic heterocycles. The fourth-order valence-corrected chi connectivity index (χ4v) is 2.91. The molecule has 0 saturated carbocycles. The van der Waals surface area contributed by atoms with Crippen LogP contribution in [-0.2, 0) is 0 Å². The van der Waals surface area contributed by atoms with E-state index in [9.17, 15) is 9.90 Å². The summed E-state index contributed by atoms with van der Waals surface area (Å²) in [6.45, 7) is 1.94. The summed E-state index contributed by atoms with van der Waals surface area (Å²) in [4.78, 5) is 14.5. The van der Waals surface area contributed by atoms with Gasteiger partial charge in [0.2, 0.25) is 0 Å². The van der Waals surface area contributed by atoms with E-state index in [0.29, 0.717) is 5.56 Å². The molecule has 0 unspecified atom stereocenters. The van der Waals surface area contributed by atoms with E-state index < -0.39 is 5.97 Å². The molecule has 4 heteroatoms. The van der Waals surface area contributed by atoms with Crippen molar-refractivity contribution >= 4 is 23.4 Å². The highest BCUT2D eigenvalue weighted by molar-refractivity contribution is 7.98. The normalized spacial score (nSPS) is 15.9. The summed E-state index contributed by atoms with van der Waals surface area (Å²) >= 11 is 1.49. The summed E-state index contributed by atoms with van der Waals surface area (Å²) in [5.41, 5.74) is 1.34. The minimum Gasteiger partial charge on any atom is -0.478 e. The van der Waals surface area contributed by atoms with E-state index >= 15 is 0 Å². The quantitative estimate of drug-likeness (QED) is 0.838. The van der Waals surface area contributed by atoms with Crippen LogP contribution in [0.5, 0.6) is 0 Å². The van der Waals surface area contributed by atoms with Crippen molar-refractivity contribution in [3.8, 4) is 0 Å². The molecular weight excluding hydrogens is 234 g/mol. The van der Waals surface area contributed by atoms with Gasteiger partial charge in [-0.3, -0.25) is 0 Å². The molecule has 0 spiro atoms. The predicted octanol–water partition coefficient (Wildman–Crippen LogP) is 3.10. The Hall–Kier alpha value is -1.16. The Morgan fingerprint density at radius 2 is 2.00 bits per heavy atom. The van der Waals surface area contributed by atoms with Gasteiger partial charge in [-0.1, -0.05) is 6.07 Å². The predicted molar refractivity (Wildman–Crippen MR) is 71.2 cm³/mol. The maximum Gasteiger partial charge on any atom is 0.338 e. The number of nitrogens with zero attached hydrogens (tertiary/aromatic N) is 1. The minimum absolute atomic E-state index is 0.460. The first-order chi connectivity index (χ1) is 8.24. The summed E-state index contributed by atoms with van der Waals surface area (Å²) in [5.74, 6) is -0.824. The lowest BCUT2D eigenvalue weighted by Crippen LogP contribution is -2.30. The maximum atomic E-state index is 11.4. The van der Waals surface area contributed by atoms with Crippen LogP contribution in [0, 0.1) is 0 Å². The van der Waals surface area contributed by atoms with Crippen molar-refractivity contribution in [3.05, 3.63) is 23.8 Å². The third-order valence-corrected chi connectivity index (χ3v) is 3.91. The monoisotopic (exact) mass is 251 g/mol. The van der Waals surface area contributed by atoms with Crippen LogP contribution in [0.15, 0.2) is 23.1 Å². The van der Waals surface area contributed by atoms with E-state index in [1.165, 1.54) is 18.2 Å². The highest BCUT2D eigenvalue weighted by Gasteiger charge is 2.20. The van der Waals surface area contributed by atoms with Crippen molar-refractivity contribution in [2.45, 2.75) is 24.2 Å². The van der Waals surface area contributed by atoms with Crippen molar-refractivity contribution in [2.75, 3.05) is 24.2 Å². The van der Waals surface area contributed by atoms with Crippen molar-refractivity contribution in [1.29, 1.82) is 0 Å². The Morgan fingerprint density at radius 1 is 1.29 bits per heavy atom. The van der Waals surface area contributed by atoms with Crippen molar-refractivity contribution in [3.63, 3.8) is 0 Å². The molecule has 92 valence electrons. The number of thioether (sulfide) groups is 1. The molecule has 1 N–H and O–H groups in total. The van der Waals surface area contributed by atoms with E-state index in [4.69, 9.17) is 0 Å². The highest BCUT2D eigenvalue weighted by Crippen LogP contribution is 2.31. The van der Waals surface area contributed by atoms with Crippen molar-refractivity contribution < 1.29 is 9.90 Å². The van der Waals surface area contributed by atoms with Crippen LogP contribution in [0.1, 0.15) is 29.6 Å². The van der Waals surface area contributed by atoms with Crippen molar-refractivity contribution in [2.24, 2.45) is 0 Å². The number of piperidine rings is 1. The second-order valence-electron chi connectivity index (χ2n) is 4.21. The minimum atomic E-state index is -0.824. The van der Waals surface area contributed by atoms with Gasteiger partial charge in [0.1, 0.15) is 0 Å². The first kappa shape index (κ1) is 12.3. The molecule has 1 aliphatic heterocycles. The standard InChI is InChI=1S/C13H17NO2S/c1-17-11-7-5-6-10(12(11)13(15)16)14-8-3-2-4-9-14/h5-7H,2-4,8-9H2,1H3,(H,15,16). The third kappa shape index (κ3) is 2.57. The molecule has 1 aromatic carbocycles. The van der Waals surface area contributed by atoms with Gasteiger partial charge in [0.25, 0.3) is 0 Å². The van der Waals surface area contributed by atoms with Crippen LogP contribution in [0.4, 0.5) is 5.69 Å². The van der Waals surface area contributed by atoms with Gasteiger partial charge in [-0.2, -0.15) is 0 Å². The number of rotatable bonds is 3. The topological polar surface area (TPSA) is 40.5 Å². The van der Waals surface area contributed by atoms with Crippen LogP contribution < -0.4 is 4.90 Å². The summed E-state index contributed by atoms with van der Waals surface area (Å²) < 4.78 is 0. The number of benzene rings is 1. The van der Waals surface area contributed by atoms with Crippen LogP contribution in [0.3, 0.4) is 0 Å². The molecule has 17 heavy (non-hydrogen) atoms. The number of anilines is 1. The van der Waals surface area contributed by atoms with Gasteiger partial charge in [0, 0.05) is 18.0 Å².